The summed E-state index contributed by atoms with van der Waals surface area (Å²) in [5, 5.41) is 12.9. The van der Waals surface area contributed by atoms with Crippen molar-refractivity contribution in [2.75, 3.05) is 11.9 Å². The van der Waals surface area contributed by atoms with E-state index in [1.807, 2.05) is 31.2 Å². The second kappa shape index (κ2) is 9.05. The van der Waals surface area contributed by atoms with Gasteiger partial charge in [-0.2, -0.15) is 0 Å². The molecule has 4 nitrogen and oxygen atoms in total. The lowest BCUT2D eigenvalue weighted by Gasteiger charge is -2.10. The van der Waals surface area contributed by atoms with Crippen LogP contribution >= 0.6 is 35.6 Å². The van der Waals surface area contributed by atoms with Crippen LogP contribution in [0.1, 0.15) is 17.2 Å². The molecule has 23 heavy (non-hydrogen) atoms. The lowest BCUT2D eigenvalue weighted by atomic mass is 10.1. The van der Waals surface area contributed by atoms with Crippen molar-refractivity contribution in [3.05, 3.63) is 64.4 Å². The maximum atomic E-state index is 13.3. The standard InChI is InChI=1S/C16H17ClFN3O.HI/c1-10-2-5-12(6-3-10)21-16(19)20-9-15(22)11-4-7-13(17)14(18)8-11;/h2-8,15,22H,9H2,1H3,(H3,19,20,21);1H. The maximum absolute atomic E-state index is 13.3. The normalized spacial score (nSPS) is 12.4. The molecule has 124 valence electrons. The van der Waals surface area contributed by atoms with Crippen molar-refractivity contribution in [1.29, 1.82) is 0 Å². The molecule has 0 aliphatic rings. The third-order valence-corrected chi connectivity index (χ3v) is 3.39. The van der Waals surface area contributed by atoms with Gasteiger partial charge in [0.2, 0.25) is 0 Å². The third kappa shape index (κ3) is 5.96. The Balaban J connectivity index is 0.00000264. The number of aliphatic hydroxyl groups is 1. The number of guanidine groups is 1. The Bertz CT molecular complexity index is 680. The third-order valence-electron chi connectivity index (χ3n) is 3.09. The van der Waals surface area contributed by atoms with Gasteiger partial charge in [0.05, 0.1) is 17.7 Å². The zero-order chi connectivity index (χ0) is 16.1. The number of anilines is 1. The molecular weight excluding hydrogens is 432 g/mol. The number of halogens is 3. The fraction of sp³-hybridized carbons (Fsp3) is 0.188. The van der Waals surface area contributed by atoms with Crippen LogP contribution in [0.15, 0.2) is 47.5 Å². The summed E-state index contributed by atoms with van der Waals surface area (Å²) in [4.78, 5) is 4.05. The van der Waals surface area contributed by atoms with E-state index in [2.05, 4.69) is 10.3 Å². The van der Waals surface area contributed by atoms with Crippen LogP contribution < -0.4 is 11.1 Å². The van der Waals surface area contributed by atoms with Crippen LogP contribution in [-0.4, -0.2) is 17.6 Å². The zero-order valence-electron chi connectivity index (χ0n) is 12.5. The summed E-state index contributed by atoms with van der Waals surface area (Å²) in [7, 11) is 0. The first kappa shape index (κ1) is 19.7. The first-order valence-corrected chi connectivity index (χ1v) is 7.10. The Hall–Kier alpha value is -1.38. The van der Waals surface area contributed by atoms with Crippen LogP contribution in [0, 0.1) is 12.7 Å². The van der Waals surface area contributed by atoms with Crippen molar-refractivity contribution < 1.29 is 9.50 Å². The van der Waals surface area contributed by atoms with Gasteiger partial charge in [-0.25, -0.2) is 4.39 Å². The molecule has 0 aliphatic heterocycles. The van der Waals surface area contributed by atoms with Crippen molar-refractivity contribution in [2.24, 2.45) is 10.7 Å². The van der Waals surface area contributed by atoms with Gasteiger partial charge in [-0.3, -0.25) is 4.99 Å². The summed E-state index contributed by atoms with van der Waals surface area (Å²) in [6, 6.07) is 11.8. The Kier molecular flexibility index (Phi) is 7.74. The highest BCUT2D eigenvalue weighted by Gasteiger charge is 2.10. The minimum absolute atomic E-state index is 0. The van der Waals surface area contributed by atoms with E-state index in [4.69, 9.17) is 17.3 Å². The Labute approximate surface area is 156 Å². The van der Waals surface area contributed by atoms with Gasteiger partial charge in [-0.05, 0) is 36.8 Å². The summed E-state index contributed by atoms with van der Waals surface area (Å²) >= 11 is 5.60. The number of nitrogens with two attached hydrogens (primary N) is 1. The molecule has 0 aliphatic carbocycles. The van der Waals surface area contributed by atoms with Crippen LogP contribution in [0.2, 0.25) is 5.02 Å². The number of benzene rings is 2. The lowest BCUT2D eigenvalue weighted by molar-refractivity contribution is 0.187. The predicted octanol–water partition coefficient (Wildman–Crippen LogP) is 3.87. The van der Waals surface area contributed by atoms with Crippen LogP contribution in [0.25, 0.3) is 0 Å². The Morgan fingerprint density at radius 1 is 1.30 bits per heavy atom. The van der Waals surface area contributed by atoms with Gasteiger partial charge in [-0.15, -0.1) is 24.0 Å². The van der Waals surface area contributed by atoms with Crippen LogP contribution in [0.3, 0.4) is 0 Å². The molecular formula is C16H18ClFIN3O. The molecule has 0 heterocycles. The molecule has 0 amide bonds. The quantitative estimate of drug-likeness (QED) is 0.377. The first-order valence-electron chi connectivity index (χ1n) is 6.72. The summed E-state index contributed by atoms with van der Waals surface area (Å²) in [5.74, 6) is -0.398. The highest BCUT2D eigenvalue weighted by molar-refractivity contribution is 14.0. The summed E-state index contributed by atoms with van der Waals surface area (Å²) < 4.78 is 13.3. The highest BCUT2D eigenvalue weighted by Crippen LogP contribution is 2.20. The average molecular weight is 450 g/mol. The smallest absolute Gasteiger partial charge is 0.193 e. The molecule has 7 heteroatoms. The van der Waals surface area contributed by atoms with Gasteiger partial charge in [0.1, 0.15) is 5.82 Å². The van der Waals surface area contributed by atoms with Gasteiger partial charge >= 0.3 is 0 Å². The fourth-order valence-corrected chi connectivity index (χ4v) is 1.95. The number of aliphatic hydroxyl groups excluding tert-OH is 1. The largest absolute Gasteiger partial charge is 0.386 e. The summed E-state index contributed by atoms with van der Waals surface area (Å²) in [6.45, 7) is 2.01. The van der Waals surface area contributed by atoms with Crippen molar-refractivity contribution in [3.8, 4) is 0 Å². The average Bonchev–Trinajstić information content (AvgIpc) is 2.50. The van der Waals surface area contributed by atoms with E-state index < -0.39 is 11.9 Å². The van der Waals surface area contributed by atoms with Gasteiger partial charge in [0.25, 0.3) is 0 Å². The molecule has 0 aromatic heterocycles. The van der Waals surface area contributed by atoms with Gasteiger partial charge in [0.15, 0.2) is 5.96 Å². The summed E-state index contributed by atoms with van der Waals surface area (Å²) in [6.07, 6.45) is -0.954. The van der Waals surface area contributed by atoms with Gasteiger partial charge in [0, 0.05) is 5.69 Å². The number of hydrogen-bond donors (Lipinski definition) is 3. The number of aliphatic imine (C=N–C) groups is 1. The number of nitrogens with one attached hydrogen (secondary N) is 1. The molecule has 2 rings (SSSR count). The lowest BCUT2D eigenvalue weighted by Crippen LogP contribution is -2.23. The number of nitrogens with zero attached hydrogens (tertiary/aromatic N) is 1. The highest BCUT2D eigenvalue weighted by atomic mass is 127. The summed E-state index contributed by atoms with van der Waals surface area (Å²) in [5.41, 5.74) is 8.10. The monoisotopic (exact) mass is 449 g/mol. The predicted molar refractivity (Wildman–Crippen MR) is 103 cm³/mol. The molecule has 1 atom stereocenters. The van der Waals surface area contributed by atoms with Crippen LogP contribution in [0.5, 0.6) is 0 Å². The number of rotatable bonds is 4. The number of hydrogen-bond acceptors (Lipinski definition) is 2. The Morgan fingerprint density at radius 2 is 1.96 bits per heavy atom. The molecule has 0 saturated carbocycles. The molecule has 0 fully saturated rings. The van der Waals surface area contributed by atoms with Crippen LogP contribution in [0.4, 0.5) is 10.1 Å². The molecule has 0 bridgehead atoms. The number of aryl methyl sites for hydroxylation is 1. The second-order valence-corrected chi connectivity index (χ2v) is 5.31. The molecule has 0 spiro atoms. The molecule has 0 saturated heterocycles. The second-order valence-electron chi connectivity index (χ2n) is 4.91. The topological polar surface area (TPSA) is 70.6 Å². The van der Waals surface area contributed by atoms with E-state index in [0.717, 1.165) is 11.3 Å². The van der Waals surface area contributed by atoms with Gasteiger partial charge in [-0.1, -0.05) is 35.4 Å². The fourth-order valence-electron chi connectivity index (χ4n) is 1.83. The van der Waals surface area contributed by atoms with Gasteiger partial charge < -0.3 is 16.2 Å². The molecule has 1 unspecified atom stereocenters. The molecule has 2 aromatic carbocycles. The minimum atomic E-state index is -0.954. The molecule has 0 radical (unpaired) electrons. The van der Waals surface area contributed by atoms with E-state index in [-0.39, 0.29) is 41.5 Å². The molecule has 2 aromatic rings. The SMILES string of the molecule is Cc1ccc(NC(N)=NCC(O)c2ccc(Cl)c(F)c2)cc1.I. The van der Waals surface area contributed by atoms with E-state index >= 15 is 0 Å². The maximum Gasteiger partial charge on any atom is 0.193 e. The van der Waals surface area contributed by atoms with E-state index in [1.165, 1.54) is 12.1 Å². The van der Waals surface area contributed by atoms with E-state index in [9.17, 15) is 9.50 Å². The van der Waals surface area contributed by atoms with Crippen molar-refractivity contribution in [1.82, 2.24) is 0 Å². The van der Waals surface area contributed by atoms with Crippen molar-refractivity contribution >= 4 is 47.2 Å². The van der Waals surface area contributed by atoms with E-state index in [0.29, 0.717) is 5.56 Å². The van der Waals surface area contributed by atoms with E-state index in [1.54, 1.807) is 6.07 Å². The van der Waals surface area contributed by atoms with Crippen LogP contribution in [-0.2, 0) is 0 Å². The van der Waals surface area contributed by atoms with Crippen molar-refractivity contribution in [3.63, 3.8) is 0 Å². The first-order chi connectivity index (χ1) is 10.5. The molecule has 4 N–H and O–H groups in total. The van der Waals surface area contributed by atoms with Crippen molar-refractivity contribution in [2.45, 2.75) is 13.0 Å². The Morgan fingerprint density at radius 3 is 2.57 bits per heavy atom. The zero-order valence-corrected chi connectivity index (χ0v) is 15.5. The minimum Gasteiger partial charge on any atom is -0.386 e.